The topological polar surface area (TPSA) is 41.1 Å². The van der Waals surface area contributed by atoms with Crippen LogP contribution in [0.3, 0.4) is 0 Å². The van der Waals surface area contributed by atoms with Gasteiger partial charge < -0.3 is 10.6 Å². The second-order valence-corrected chi connectivity index (χ2v) is 5.33. The van der Waals surface area contributed by atoms with E-state index in [2.05, 4.69) is 10.6 Å². The van der Waals surface area contributed by atoms with E-state index in [0.29, 0.717) is 10.0 Å². The molecule has 1 amide bonds. The van der Waals surface area contributed by atoms with Crippen LogP contribution in [0, 0.1) is 0 Å². The van der Waals surface area contributed by atoms with Gasteiger partial charge in [0, 0.05) is 22.1 Å². The maximum Gasteiger partial charge on any atom is 0.234 e. The summed E-state index contributed by atoms with van der Waals surface area (Å²) in [5.74, 6) is -0.0324. The minimum absolute atomic E-state index is 0.0324. The highest BCUT2D eigenvalue weighted by atomic mass is 35.5. The lowest BCUT2D eigenvalue weighted by atomic mass is 10.1. The SMILES string of the molecule is CC(C)NC(=O)CNC(C)c1cc(Cl)ccc1Cl. The molecule has 0 heterocycles. The third-order valence-corrected chi connectivity index (χ3v) is 3.02. The molecule has 0 saturated carbocycles. The second kappa shape index (κ2) is 6.98. The Hall–Kier alpha value is -0.770. The van der Waals surface area contributed by atoms with E-state index in [-0.39, 0.29) is 24.5 Å². The molecule has 1 aromatic rings. The lowest BCUT2D eigenvalue weighted by molar-refractivity contribution is -0.120. The van der Waals surface area contributed by atoms with Crippen LogP contribution in [0.4, 0.5) is 0 Å². The summed E-state index contributed by atoms with van der Waals surface area (Å²) in [6, 6.07) is 5.41. The smallest absolute Gasteiger partial charge is 0.234 e. The average Bonchev–Trinajstić information content (AvgIpc) is 2.28. The lowest BCUT2D eigenvalue weighted by Gasteiger charge is -2.16. The van der Waals surface area contributed by atoms with Gasteiger partial charge in [0.2, 0.25) is 5.91 Å². The van der Waals surface area contributed by atoms with Crippen molar-refractivity contribution >= 4 is 29.1 Å². The molecule has 0 aromatic heterocycles. The zero-order valence-electron chi connectivity index (χ0n) is 10.8. The third-order valence-electron chi connectivity index (χ3n) is 2.44. The summed E-state index contributed by atoms with van der Waals surface area (Å²) < 4.78 is 0. The Balaban J connectivity index is 2.57. The number of rotatable bonds is 5. The van der Waals surface area contributed by atoms with Crippen LogP contribution in [-0.4, -0.2) is 18.5 Å². The highest BCUT2D eigenvalue weighted by Crippen LogP contribution is 2.25. The second-order valence-electron chi connectivity index (χ2n) is 4.49. The molecule has 18 heavy (non-hydrogen) atoms. The Morgan fingerprint density at radius 3 is 2.56 bits per heavy atom. The van der Waals surface area contributed by atoms with Gasteiger partial charge in [-0.05, 0) is 44.5 Å². The summed E-state index contributed by atoms with van der Waals surface area (Å²) in [5.41, 5.74) is 0.890. The van der Waals surface area contributed by atoms with Crippen molar-refractivity contribution in [3.63, 3.8) is 0 Å². The van der Waals surface area contributed by atoms with Crippen molar-refractivity contribution in [2.45, 2.75) is 32.9 Å². The van der Waals surface area contributed by atoms with E-state index in [9.17, 15) is 4.79 Å². The molecular weight excluding hydrogens is 271 g/mol. The molecule has 0 saturated heterocycles. The minimum Gasteiger partial charge on any atom is -0.353 e. The van der Waals surface area contributed by atoms with Crippen molar-refractivity contribution in [1.29, 1.82) is 0 Å². The molecular formula is C13H18Cl2N2O. The first-order valence-electron chi connectivity index (χ1n) is 5.88. The van der Waals surface area contributed by atoms with Gasteiger partial charge in [0.1, 0.15) is 0 Å². The lowest BCUT2D eigenvalue weighted by Crippen LogP contribution is -2.38. The molecule has 0 radical (unpaired) electrons. The van der Waals surface area contributed by atoms with E-state index >= 15 is 0 Å². The summed E-state index contributed by atoms with van der Waals surface area (Å²) >= 11 is 12.0. The largest absolute Gasteiger partial charge is 0.353 e. The van der Waals surface area contributed by atoms with Crippen LogP contribution in [0.15, 0.2) is 18.2 Å². The fourth-order valence-electron chi connectivity index (χ4n) is 1.58. The summed E-state index contributed by atoms with van der Waals surface area (Å²) in [7, 11) is 0. The fraction of sp³-hybridized carbons (Fsp3) is 0.462. The number of benzene rings is 1. The van der Waals surface area contributed by atoms with Crippen LogP contribution >= 0.6 is 23.2 Å². The van der Waals surface area contributed by atoms with Gasteiger partial charge in [0.25, 0.3) is 0 Å². The first kappa shape index (κ1) is 15.3. The molecule has 0 bridgehead atoms. The minimum atomic E-state index is -0.0332. The van der Waals surface area contributed by atoms with Gasteiger partial charge in [-0.1, -0.05) is 23.2 Å². The molecule has 1 unspecified atom stereocenters. The van der Waals surface area contributed by atoms with Crippen LogP contribution in [0.2, 0.25) is 10.0 Å². The van der Waals surface area contributed by atoms with Crippen LogP contribution < -0.4 is 10.6 Å². The van der Waals surface area contributed by atoms with Gasteiger partial charge in [-0.2, -0.15) is 0 Å². The number of amides is 1. The van der Waals surface area contributed by atoms with E-state index in [1.54, 1.807) is 12.1 Å². The molecule has 3 nitrogen and oxygen atoms in total. The van der Waals surface area contributed by atoms with Crippen molar-refractivity contribution < 1.29 is 4.79 Å². The summed E-state index contributed by atoms with van der Waals surface area (Å²) in [5, 5.41) is 7.21. The normalized spacial score (nSPS) is 12.6. The maximum atomic E-state index is 11.5. The highest BCUT2D eigenvalue weighted by Gasteiger charge is 2.11. The molecule has 0 fully saturated rings. The van der Waals surface area contributed by atoms with Crippen molar-refractivity contribution in [2.75, 3.05) is 6.54 Å². The number of carbonyl (C=O) groups is 1. The average molecular weight is 289 g/mol. The van der Waals surface area contributed by atoms with Crippen LogP contribution in [0.1, 0.15) is 32.4 Å². The first-order chi connectivity index (χ1) is 8.40. The van der Waals surface area contributed by atoms with Crippen molar-refractivity contribution in [1.82, 2.24) is 10.6 Å². The molecule has 0 aliphatic rings. The molecule has 0 spiro atoms. The van der Waals surface area contributed by atoms with E-state index in [4.69, 9.17) is 23.2 Å². The number of carbonyl (C=O) groups excluding carboxylic acids is 1. The van der Waals surface area contributed by atoms with Crippen LogP contribution in [-0.2, 0) is 4.79 Å². The molecule has 1 rings (SSSR count). The molecule has 0 aliphatic carbocycles. The Morgan fingerprint density at radius 1 is 1.28 bits per heavy atom. The number of hydrogen-bond acceptors (Lipinski definition) is 2. The van der Waals surface area contributed by atoms with Crippen molar-refractivity contribution in [2.24, 2.45) is 0 Å². The van der Waals surface area contributed by atoms with Crippen molar-refractivity contribution in [3.05, 3.63) is 33.8 Å². The van der Waals surface area contributed by atoms with E-state index in [1.807, 2.05) is 26.8 Å². The zero-order chi connectivity index (χ0) is 13.7. The van der Waals surface area contributed by atoms with E-state index in [1.165, 1.54) is 0 Å². The molecule has 5 heteroatoms. The monoisotopic (exact) mass is 288 g/mol. The van der Waals surface area contributed by atoms with Crippen molar-refractivity contribution in [3.8, 4) is 0 Å². The van der Waals surface area contributed by atoms with Crippen LogP contribution in [0.25, 0.3) is 0 Å². The summed E-state index contributed by atoms with van der Waals surface area (Å²) in [6.07, 6.45) is 0. The predicted octanol–water partition coefficient (Wildman–Crippen LogP) is 3.17. The molecule has 0 aliphatic heterocycles. The van der Waals surface area contributed by atoms with Gasteiger partial charge >= 0.3 is 0 Å². The predicted molar refractivity (Wildman–Crippen MR) is 76.2 cm³/mol. The van der Waals surface area contributed by atoms with E-state index < -0.39 is 0 Å². The number of nitrogens with one attached hydrogen (secondary N) is 2. The fourth-order valence-corrected chi connectivity index (χ4v) is 2.04. The number of halogens is 2. The Morgan fingerprint density at radius 2 is 1.94 bits per heavy atom. The van der Waals surface area contributed by atoms with Crippen LogP contribution in [0.5, 0.6) is 0 Å². The molecule has 1 atom stereocenters. The highest BCUT2D eigenvalue weighted by molar-refractivity contribution is 6.33. The Bertz CT molecular complexity index is 421. The molecule has 100 valence electrons. The summed E-state index contributed by atoms with van der Waals surface area (Å²) in [6.45, 7) is 6.05. The number of hydrogen-bond donors (Lipinski definition) is 2. The van der Waals surface area contributed by atoms with Gasteiger partial charge in [0.05, 0.1) is 6.54 Å². The zero-order valence-corrected chi connectivity index (χ0v) is 12.3. The quantitative estimate of drug-likeness (QED) is 0.874. The standard InChI is InChI=1S/C13H18Cl2N2O/c1-8(2)17-13(18)7-16-9(3)11-6-10(14)4-5-12(11)15/h4-6,8-9,16H,7H2,1-3H3,(H,17,18). The van der Waals surface area contributed by atoms with E-state index in [0.717, 1.165) is 5.56 Å². The Kier molecular flexibility index (Phi) is 5.93. The third kappa shape index (κ3) is 4.84. The molecule has 1 aromatic carbocycles. The Labute approximate surface area is 118 Å². The maximum absolute atomic E-state index is 11.5. The van der Waals surface area contributed by atoms with Gasteiger partial charge in [0.15, 0.2) is 0 Å². The van der Waals surface area contributed by atoms with Gasteiger partial charge in [-0.3, -0.25) is 4.79 Å². The first-order valence-corrected chi connectivity index (χ1v) is 6.63. The van der Waals surface area contributed by atoms with Gasteiger partial charge in [-0.25, -0.2) is 0 Å². The van der Waals surface area contributed by atoms with Gasteiger partial charge in [-0.15, -0.1) is 0 Å². The summed E-state index contributed by atoms with van der Waals surface area (Å²) in [4.78, 5) is 11.5. The molecule has 2 N–H and O–H groups in total.